The summed E-state index contributed by atoms with van der Waals surface area (Å²) in [6.07, 6.45) is 5.58. The lowest BCUT2D eigenvalue weighted by Crippen LogP contribution is -2.55. The lowest BCUT2D eigenvalue weighted by atomic mass is 9.69. The van der Waals surface area contributed by atoms with Gasteiger partial charge in [-0.25, -0.2) is 4.37 Å². The van der Waals surface area contributed by atoms with Gasteiger partial charge >= 0.3 is 0 Å². The molecule has 18 heavy (non-hydrogen) atoms. The van der Waals surface area contributed by atoms with Crippen LogP contribution < -0.4 is 5.32 Å². The van der Waals surface area contributed by atoms with E-state index >= 15 is 0 Å². The minimum Gasteiger partial charge on any atom is -0.372 e. The first-order valence-corrected chi connectivity index (χ1v) is 7.75. The maximum Gasteiger partial charge on any atom is 0.0890 e. The van der Waals surface area contributed by atoms with E-state index in [2.05, 4.69) is 29.6 Å². The molecule has 1 N–H and O–H groups in total. The maximum absolute atomic E-state index is 6.30. The lowest BCUT2D eigenvalue weighted by Gasteiger charge is -2.49. The zero-order chi connectivity index (χ0) is 12.6. The van der Waals surface area contributed by atoms with Crippen LogP contribution >= 0.6 is 11.5 Å². The first-order valence-electron chi connectivity index (χ1n) is 6.97. The average Bonchev–Trinajstić information content (AvgIpc) is 2.81. The Labute approximate surface area is 113 Å². The second-order valence-corrected chi connectivity index (χ2v) is 6.93. The van der Waals surface area contributed by atoms with E-state index in [0.29, 0.717) is 6.04 Å². The van der Waals surface area contributed by atoms with Gasteiger partial charge in [-0.3, -0.25) is 0 Å². The highest BCUT2D eigenvalue weighted by Gasteiger charge is 2.47. The van der Waals surface area contributed by atoms with E-state index < -0.39 is 0 Å². The molecule has 4 heteroatoms. The number of morpholine rings is 1. The number of hydrogen-bond acceptors (Lipinski definition) is 4. The first kappa shape index (κ1) is 12.6. The van der Waals surface area contributed by atoms with Gasteiger partial charge in [0.05, 0.1) is 18.2 Å². The molecule has 2 fully saturated rings. The van der Waals surface area contributed by atoms with Crippen molar-refractivity contribution in [1.29, 1.82) is 0 Å². The molecule has 1 saturated carbocycles. The molecule has 2 heterocycles. The maximum atomic E-state index is 6.30. The molecule has 3 unspecified atom stereocenters. The molecule has 1 aliphatic carbocycles. The van der Waals surface area contributed by atoms with Crippen LogP contribution in [0.3, 0.4) is 0 Å². The van der Waals surface area contributed by atoms with Crippen LogP contribution in [-0.2, 0) is 4.74 Å². The van der Waals surface area contributed by atoms with E-state index in [1.54, 1.807) is 11.5 Å². The van der Waals surface area contributed by atoms with Gasteiger partial charge in [-0.2, -0.15) is 0 Å². The summed E-state index contributed by atoms with van der Waals surface area (Å²) in [5.41, 5.74) is 0.00185. The van der Waals surface area contributed by atoms with Crippen LogP contribution in [0.5, 0.6) is 0 Å². The van der Waals surface area contributed by atoms with Crippen LogP contribution in [0.25, 0.3) is 0 Å². The Kier molecular flexibility index (Phi) is 3.43. The fourth-order valence-electron chi connectivity index (χ4n) is 3.93. The van der Waals surface area contributed by atoms with Gasteiger partial charge in [0.2, 0.25) is 0 Å². The van der Waals surface area contributed by atoms with Crippen molar-refractivity contribution >= 4 is 11.5 Å². The Morgan fingerprint density at radius 1 is 1.39 bits per heavy atom. The molecule has 0 aromatic carbocycles. The normalized spacial score (nSPS) is 41.1. The van der Waals surface area contributed by atoms with Gasteiger partial charge in [-0.15, -0.1) is 0 Å². The standard InChI is InChI=1S/C14H22N2OS/c1-10-7-11(2)9-14(8-10)13(15-5-6-17-14)12-3-4-16-18-12/h3-4,10-11,13,15H,5-9H2,1-2H3. The molecule has 3 nitrogen and oxygen atoms in total. The molecule has 3 atom stereocenters. The molecule has 1 spiro atoms. The number of aromatic nitrogens is 1. The quantitative estimate of drug-likeness (QED) is 0.848. The monoisotopic (exact) mass is 266 g/mol. The van der Waals surface area contributed by atoms with Crippen LogP contribution in [0.1, 0.15) is 44.0 Å². The molecule has 1 aromatic heterocycles. The molecule has 0 radical (unpaired) electrons. The Bertz CT molecular complexity index is 383. The molecule has 2 aliphatic rings. The van der Waals surface area contributed by atoms with Crippen molar-refractivity contribution in [3.8, 4) is 0 Å². The Morgan fingerprint density at radius 2 is 2.17 bits per heavy atom. The number of rotatable bonds is 1. The second kappa shape index (κ2) is 4.91. The van der Waals surface area contributed by atoms with Crippen molar-refractivity contribution in [2.75, 3.05) is 13.2 Å². The van der Waals surface area contributed by atoms with Gasteiger partial charge in [0.15, 0.2) is 0 Å². The number of hydrogen-bond donors (Lipinski definition) is 1. The molecule has 3 rings (SSSR count). The Morgan fingerprint density at radius 3 is 2.83 bits per heavy atom. The van der Waals surface area contributed by atoms with Gasteiger partial charge < -0.3 is 10.1 Å². The Hall–Kier alpha value is -0.450. The smallest absolute Gasteiger partial charge is 0.0890 e. The number of nitrogens with zero attached hydrogens (tertiary/aromatic N) is 1. The fraction of sp³-hybridized carbons (Fsp3) is 0.786. The van der Waals surface area contributed by atoms with E-state index in [1.165, 1.54) is 24.1 Å². The highest BCUT2D eigenvalue weighted by atomic mass is 32.1. The van der Waals surface area contributed by atoms with Crippen LogP contribution in [-0.4, -0.2) is 23.1 Å². The molecule has 0 bridgehead atoms. The second-order valence-electron chi connectivity index (χ2n) is 6.07. The minimum atomic E-state index is 0.00185. The van der Waals surface area contributed by atoms with E-state index in [0.717, 1.165) is 25.0 Å². The molecule has 1 aromatic rings. The van der Waals surface area contributed by atoms with Crippen LogP contribution in [0.4, 0.5) is 0 Å². The molecule has 100 valence electrons. The summed E-state index contributed by atoms with van der Waals surface area (Å²) in [6, 6.07) is 2.48. The summed E-state index contributed by atoms with van der Waals surface area (Å²) in [7, 11) is 0. The van der Waals surface area contributed by atoms with Crippen LogP contribution in [0, 0.1) is 11.8 Å². The number of ether oxygens (including phenoxy) is 1. The summed E-state index contributed by atoms with van der Waals surface area (Å²) in [6.45, 7) is 6.51. The molecular weight excluding hydrogens is 244 g/mol. The summed E-state index contributed by atoms with van der Waals surface area (Å²) >= 11 is 1.61. The van der Waals surface area contributed by atoms with E-state index in [1.807, 2.05) is 6.20 Å². The zero-order valence-electron chi connectivity index (χ0n) is 11.2. The first-order chi connectivity index (χ1) is 8.70. The molecular formula is C14H22N2OS. The van der Waals surface area contributed by atoms with Gasteiger partial charge in [0, 0.05) is 17.6 Å². The zero-order valence-corrected chi connectivity index (χ0v) is 12.0. The van der Waals surface area contributed by atoms with Crippen molar-refractivity contribution in [1.82, 2.24) is 9.69 Å². The van der Waals surface area contributed by atoms with Gasteiger partial charge in [-0.05, 0) is 48.7 Å². The summed E-state index contributed by atoms with van der Waals surface area (Å²) in [5.74, 6) is 1.51. The average molecular weight is 266 g/mol. The van der Waals surface area contributed by atoms with Gasteiger partial charge in [-0.1, -0.05) is 13.8 Å². The van der Waals surface area contributed by atoms with E-state index in [-0.39, 0.29) is 5.60 Å². The minimum absolute atomic E-state index is 0.00185. The van der Waals surface area contributed by atoms with Crippen molar-refractivity contribution in [3.05, 3.63) is 17.1 Å². The predicted octanol–water partition coefficient (Wildman–Crippen LogP) is 3.00. The van der Waals surface area contributed by atoms with E-state index in [4.69, 9.17) is 4.74 Å². The summed E-state index contributed by atoms with van der Waals surface area (Å²) in [4.78, 5) is 1.33. The largest absolute Gasteiger partial charge is 0.372 e. The van der Waals surface area contributed by atoms with Crippen LogP contribution in [0.2, 0.25) is 0 Å². The third-order valence-electron chi connectivity index (χ3n) is 4.30. The van der Waals surface area contributed by atoms with Gasteiger partial charge in [0.1, 0.15) is 0 Å². The molecule has 1 aliphatic heterocycles. The summed E-state index contributed by atoms with van der Waals surface area (Å²) in [5, 5.41) is 3.67. The SMILES string of the molecule is CC1CC(C)CC2(C1)OCCNC2c1ccns1. The van der Waals surface area contributed by atoms with Crippen molar-refractivity contribution in [3.63, 3.8) is 0 Å². The Balaban J connectivity index is 1.90. The highest BCUT2D eigenvalue weighted by molar-refractivity contribution is 7.05. The van der Waals surface area contributed by atoms with Gasteiger partial charge in [0.25, 0.3) is 0 Å². The van der Waals surface area contributed by atoms with Crippen LogP contribution in [0.15, 0.2) is 12.3 Å². The molecule has 1 saturated heterocycles. The predicted molar refractivity (Wildman–Crippen MR) is 73.7 cm³/mol. The van der Waals surface area contributed by atoms with E-state index in [9.17, 15) is 0 Å². The third kappa shape index (κ3) is 2.22. The van der Waals surface area contributed by atoms with Crippen molar-refractivity contribution in [2.24, 2.45) is 11.8 Å². The van der Waals surface area contributed by atoms with Crippen molar-refractivity contribution in [2.45, 2.75) is 44.8 Å². The third-order valence-corrected chi connectivity index (χ3v) is 5.11. The highest BCUT2D eigenvalue weighted by Crippen LogP contribution is 2.47. The summed E-state index contributed by atoms with van der Waals surface area (Å²) < 4.78 is 10.6. The lowest BCUT2D eigenvalue weighted by molar-refractivity contribution is -0.137. The van der Waals surface area contributed by atoms with Crippen molar-refractivity contribution < 1.29 is 4.74 Å². The number of nitrogens with one attached hydrogen (secondary N) is 1. The molecule has 0 amide bonds. The topological polar surface area (TPSA) is 34.1 Å². The fourth-order valence-corrected chi connectivity index (χ4v) is 4.70.